The summed E-state index contributed by atoms with van der Waals surface area (Å²) in [7, 11) is 0. The highest BCUT2D eigenvalue weighted by atomic mass is 16.1. The van der Waals surface area contributed by atoms with Crippen LogP contribution < -0.4 is 10.6 Å². The summed E-state index contributed by atoms with van der Waals surface area (Å²) in [5, 5.41) is 10.5. The average Bonchev–Trinajstić information content (AvgIpc) is 2.99. The molecule has 6 nitrogen and oxygen atoms in total. The Kier molecular flexibility index (Phi) is 3.73. The number of amides is 1. The van der Waals surface area contributed by atoms with Crippen molar-refractivity contribution in [2.45, 2.75) is 18.9 Å². The maximum Gasteiger partial charge on any atom is 0.254 e. The molecular weight excluding hydrogens is 254 g/mol. The van der Waals surface area contributed by atoms with E-state index in [4.69, 9.17) is 0 Å². The van der Waals surface area contributed by atoms with Gasteiger partial charge in [0, 0.05) is 25.0 Å². The lowest BCUT2D eigenvalue weighted by Gasteiger charge is -2.23. The van der Waals surface area contributed by atoms with E-state index in [9.17, 15) is 4.79 Å². The molecule has 1 aliphatic heterocycles. The van der Waals surface area contributed by atoms with Crippen LogP contribution in [0.2, 0.25) is 0 Å². The molecule has 2 aromatic heterocycles. The number of rotatable bonds is 3. The van der Waals surface area contributed by atoms with Crippen LogP contribution in [0.5, 0.6) is 0 Å². The van der Waals surface area contributed by atoms with Crippen LogP contribution >= 0.6 is 0 Å². The Balaban J connectivity index is 1.68. The number of hydrogen-bond donors (Lipinski definition) is 2. The average molecular weight is 271 g/mol. The predicted molar refractivity (Wildman–Crippen MR) is 74.7 cm³/mol. The molecule has 0 aliphatic carbocycles. The maximum absolute atomic E-state index is 12.1. The van der Waals surface area contributed by atoms with E-state index in [2.05, 4.69) is 20.7 Å². The highest BCUT2D eigenvalue weighted by molar-refractivity contribution is 5.94. The minimum atomic E-state index is -0.0751. The first kappa shape index (κ1) is 12.8. The van der Waals surface area contributed by atoms with Gasteiger partial charge in [-0.1, -0.05) is 0 Å². The Bertz CT molecular complexity index is 574. The highest BCUT2D eigenvalue weighted by Crippen LogP contribution is 2.08. The van der Waals surface area contributed by atoms with Crippen LogP contribution in [0.3, 0.4) is 0 Å². The molecule has 0 spiro atoms. The summed E-state index contributed by atoms with van der Waals surface area (Å²) >= 11 is 0. The number of piperidine rings is 1. The van der Waals surface area contributed by atoms with Crippen molar-refractivity contribution in [2.75, 3.05) is 13.1 Å². The lowest BCUT2D eigenvalue weighted by Crippen LogP contribution is -2.45. The minimum absolute atomic E-state index is 0.0751. The molecule has 0 bridgehead atoms. The molecule has 3 rings (SSSR count). The Morgan fingerprint density at radius 1 is 1.45 bits per heavy atom. The van der Waals surface area contributed by atoms with Gasteiger partial charge in [0.15, 0.2) is 0 Å². The number of nitrogens with zero attached hydrogens (tertiary/aromatic N) is 3. The molecule has 0 unspecified atom stereocenters. The number of aromatic nitrogens is 3. The lowest BCUT2D eigenvalue weighted by molar-refractivity contribution is 0.0930. The van der Waals surface area contributed by atoms with Crippen molar-refractivity contribution in [1.29, 1.82) is 0 Å². The summed E-state index contributed by atoms with van der Waals surface area (Å²) in [6, 6.07) is 3.94. The Morgan fingerprint density at radius 3 is 3.15 bits per heavy atom. The second-order valence-corrected chi connectivity index (χ2v) is 4.90. The van der Waals surface area contributed by atoms with Crippen LogP contribution in [-0.4, -0.2) is 39.8 Å². The third-order valence-electron chi connectivity index (χ3n) is 3.39. The van der Waals surface area contributed by atoms with Crippen molar-refractivity contribution in [1.82, 2.24) is 25.4 Å². The Labute approximate surface area is 117 Å². The summed E-state index contributed by atoms with van der Waals surface area (Å²) in [5.41, 5.74) is 1.41. The monoisotopic (exact) mass is 271 g/mol. The van der Waals surface area contributed by atoms with Crippen molar-refractivity contribution >= 4 is 5.91 Å². The van der Waals surface area contributed by atoms with Gasteiger partial charge in [0.2, 0.25) is 0 Å². The van der Waals surface area contributed by atoms with E-state index in [1.54, 1.807) is 29.5 Å². The molecule has 1 amide bonds. The molecule has 6 heteroatoms. The molecule has 20 heavy (non-hydrogen) atoms. The fourth-order valence-corrected chi connectivity index (χ4v) is 2.31. The first-order valence-electron chi connectivity index (χ1n) is 6.79. The van der Waals surface area contributed by atoms with Crippen LogP contribution in [0.1, 0.15) is 23.2 Å². The van der Waals surface area contributed by atoms with E-state index < -0.39 is 0 Å². The van der Waals surface area contributed by atoms with E-state index in [-0.39, 0.29) is 11.9 Å². The van der Waals surface area contributed by atoms with Gasteiger partial charge in [-0.15, -0.1) is 0 Å². The summed E-state index contributed by atoms with van der Waals surface area (Å²) in [5.74, 6) is -0.0751. The van der Waals surface area contributed by atoms with Crippen molar-refractivity contribution in [3.63, 3.8) is 0 Å². The number of carbonyl (C=O) groups excluding carboxylic acids is 1. The number of hydrogen-bond acceptors (Lipinski definition) is 4. The zero-order valence-electron chi connectivity index (χ0n) is 11.1. The second-order valence-electron chi connectivity index (χ2n) is 4.90. The molecular formula is C14H17N5O. The largest absolute Gasteiger partial charge is 0.348 e. The molecule has 104 valence electrons. The number of carbonyl (C=O) groups is 1. The summed E-state index contributed by atoms with van der Waals surface area (Å²) < 4.78 is 1.65. The van der Waals surface area contributed by atoms with Gasteiger partial charge in [-0.05, 0) is 31.5 Å². The van der Waals surface area contributed by atoms with Crippen molar-refractivity contribution < 1.29 is 4.79 Å². The van der Waals surface area contributed by atoms with Gasteiger partial charge in [0.05, 0.1) is 23.6 Å². The third-order valence-corrected chi connectivity index (χ3v) is 3.39. The van der Waals surface area contributed by atoms with Gasteiger partial charge in [0.25, 0.3) is 5.91 Å². The maximum atomic E-state index is 12.1. The molecule has 1 saturated heterocycles. The van der Waals surface area contributed by atoms with E-state index in [0.29, 0.717) is 5.56 Å². The van der Waals surface area contributed by atoms with E-state index in [1.165, 1.54) is 0 Å². The van der Waals surface area contributed by atoms with E-state index in [0.717, 1.165) is 31.6 Å². The fourth-order valence-electron chi connectivity index (χ4n) is 2.31. The molecule has 1 fully saturated rings. The summed E-state index contributed by atoms with van der Waals surface area (Å²) in [4.78, 5) is 16.2. The van der Waals surface area contributed by atoms with Crippen LogP contribution in [0.4, 0.5) is 0 Å². The zero-order chi connectivity index (χ0) is 13.8. The fraction of sp³-hybridized carbons (Fsp3) is 0.357. The molecule has 2 aromatic rings. The Morgan fingerprint density at radius 2 is 2.40 bits per heavy atom. The number of pyridine rings is 1. The molecule has 2 N–H and O–H groups in total. The normalized spacial score (nSPS) is 18.7. The Hall–Kier alpha value is -2.21. The zero-order valence-corrected chi connectivity index (χ0v) is 11.1. The predicted octanol–water partition coefficient (Wildman–Crippen LogP) is 0.749. The van der Waals surface area contributed by atoms with Gasteiger partial charge in [-0.3, -0.25) is 9.78 Å². The van der Waals surface area contributed by atoms with Crippen molar-refractivity contribution in [3.05, 3.63) is 42.5 Å². The standard InChI is InChI=1S/C14H17N5O/c20-14(18-12-3-1-5-15-8-12)11-7-17-19(10-11)13-4-2-6-16-9-13/h2,4,6-7,9-10,12,15H,1,3,5,8H2,(H,18,20)/t12-/m0/s1. The van der Waals surface area contributed by atoms with Crippen LogP contribution in [0.15, 0.2) is 36.9 Å². The molecule has 0 aromatic carbocycles. The van der Waals surface area contributed by atoms with Gasteiger partial charge in [0.1, 0.15) is 0 Å². The minimum Gasteiger partial charge on any atom is -0.348 e. The SMILES string of the molecule is O=C(N[C@H]1CCCNC1)c1cnn(-c2cccnc2)c1. The topological polar surface area (TPSA) is 71.8 Å². The van der Waals surface area contributed by atoms with Crippen LogP contribution in [-0.2, 0) is 0 Å². The third kappa shape index (κ3) is 2.85. The summed E-state index contributed by atoms with van der Waals surface area (Å²) in [6.45, 7) is 1.87. The van der Waals surface area contributed by atoms with Gasteiger partial charge in [-0.25, -0.2) is 4.68 Å². The molecule has 0 radical (unpaired) electrons. The van der Waals surface area contributed by atoms with Crippen LogP contribution in [0, 0.1) is 0 Å². The van der Waals surface area contributed by atoms with E-state index in [1.807, 2.05) is 12.1 Å². The molecule has 1 aliphatic rings. The van der Waals surface area contributed by atoms with E-state index >= 15 is 0 Å². The first-order valence-corrected chi connectivity index (χ1v) is 6.79. The number of nitrogens with one attached hydrogen (secondary N) is 2. The van der Waals surface area contributed by atoms with Crippen molar-refractivity contribution in [3.8, 4) is 5.69 Å². The molecule has 0 saturated carbocycles. The second kappa shape index (κ2) is 5.83. The quantitative estimate of drug-likeness (QED) is 0.864. The lowest BCUT2D eigenvalue weighted by atomic mass is 10.1. The van der Waals surface area contributed by atoms with Gasteiger partial charge >= 0.3 is 0 Å². The van der Waals surface area contributed by atoms with Gasteiger partial charge in [-0.2, -0.15) is 5.10 Å². The highest BCUT2D eigenvalue weighted by Gasteiger charge is 2.17. The van der Waals surface area contributed by atoms with Gasteiger partial charge < -0.3 is 10.6 Å². The summed E-state index contributed by atoms with van der Waals surface area (Å²) in [6.07, 6.45) is 8.84. The first-order chi connectivity index (χ1) is 9.83. The van der Waals surface area contributed by atoms with Crippen LogP contribution in [0.25, 0.3) is 5.69 Å². The smallest absolute Gasteiger partial charge is 0.254 e. The molecule has 3 heterocycles. The van der Waals surface area contributed by atoms with Crippen molar-refractivity contribution in [2.24, 2.45) is 0 Å². The molecule has 1 atom stereocenters.